The van der Waals surface area contributed by atoms with Crippen molar-refractivity contribution in [3.63, 3.8) is 0 Å². The second-order valence-electron chi connectivity index (χ2n) is 7.20. The van der Waals surface area contributed by atoms with Crippen molar-refractivity contribution in [3.8, 4) is 5.75 Å². The zero-order chi connectivity index (χ0) is 22.0. The summed E-state index contributed by atoms with van der Waals surface area (Å²) in [6, 6.07) is 14.3. The number of para-hydroxylation sites is 1. The summed E-state index contributed by atoms with van der Waals surface area (Å²) in [5.41, 5.74) is 1.76. The number of carbonyl (C=O) groups is 1. The van der Waals surface area contributed by atoms with Crippen LogP contribution in [-0.2, 0) is 6.54 Å². The van der Waals surface area contributed by atoms with E-state index in [9.17, 15) is 13.6 Å². The molecule has 0 N–H and O–H groups in total. The van der Waals surface area contributed by atoms with E-state index in [1.807, 2.05) is 17.7 Å². The summed E-state index contributed by atoms with van der Waals surface area (Å²) in [5.74, 6) is -0.675. The quantitative estimate of drug-likeness (QED) is 0.411. The Balaban J connectivity index is 1.45. The molecule has 4 aromatic rings. The molecule has 0 aliphatic heterocycles. The lowest BCUT2D eigenvalue weighted by atomic mass is 10.2. The van der Waals surface area contributed by atoms with Gasteiger partial charge in [0.2, 0.25) is 0 Å². The molecular formula is C23H21F2N3O2S. The third-order valence-corrected chi connectivity index (χ3v) is 6.07. The molecular weight excluding hydrogens is 420 g/mol. The molecule has 5 nitrogen and oxygen atoms in total. The molecule has 0 unspecified atom stereocenters. The van der Waals surface area contributed by atoms with Crippen molar-refractivity contribution < 1.29 is 18.3 Å². The molecule has 1 amide bonds. The maximum atomic E-state index is 13.6. The first-order chi connectivity index (χ1) is 14.9. The molecule has 8 heteroatoms. The van der Waals surface area contributed by atoms with Gasteiger partial charge in [-0.3, -0.25) is 9.48 Å². The van der Waals surface area contributed by atoms with Gasteiger partial charge in [-0.25, -0.2) is 8.78 Å². The summed E-state index contributed by atoms with van der Waals surface area (Å²) in [6.45, 7) is 2.90. The van der Waals surface area contributed by atoms with Crippen LogP contribution in [-0.4, -0.2) is 40.8 Å². The lowest BCUT2D eigenvalue weighted by molar-refractivity contribution is 0.0777. The van der Waals surface area contributed by atoms with Gasteiger partial charge in [-0.05, 0) is 42.8 Å². The zero-order valence-corrected chi connectivity index (χ0v) is 18.0. The molecule has 0 aliphatic rings. The van der Waals surface area contributed by atoms with Crippen LogP contribution in [0, 0.1) is 18.6 Å². The van der Waals surface area contributed by atoms with Crippen LogP contribution in [0.4, 0.5) is 8.78 Å². The molecule has 0 atom stereocenters. The van der Waals surface area contributed by atoms with Gasteiger partial charge in [0.1, 0.15) is 17.3 Å². The first-order valence-electron chi connectivity index (χ1n) is 9.76. The van der Waals surface area contributed by atoms with Crippen LogP contribution in [0.5, 0.6) is 5.75 Å². The minimum Gasteiger partial charge on any atom is -0.489 e. The van der Waals surface area contributed by atoms with Crippen molar-refractivity contribution in [1.29, 1.82) is 0 Å². The molecule has 31 heavy (non-hydrogen) atoms. The molecule has 2 heterocycles. The van der Waals surface area contributed by atoms with Crippen molar-refractivity contribution in [2.75, 3.05) is 20.2 Å². The fourth-order valence-electron chi connectivity index (χ4n) is 3.23. The molecule has 2 aromatic carbocycles. The number of ether oxygens (including phenoxy) is 1. The van der Waals surface area contributed by atoms with E-state index in [2.05, 4.69) is 5.10 Å². The first kappa shape index (κ1) is 21.0. The van der Waals surface area contributed by atoms with Crippen LogP contribution in [0.3, 0.4) is 0 Å². The number of thiophene rings is 1. The average molecular weight is 442 g/mol. The minimum absolute atomic E-state index is 0.133. The number of amides is 1. The lowest BCUT2D eigenvalue weighted by Gasteiger charge is -2.16. The van der Waals surface area contributed by atoms with Crippen LogP contribution >= 0.6 is 11.3 Å². The number of aryl methyl sites for hydroxylation is 1. The highest BCUT2D eigenvalue weighted by molar-refractivity contribution is 7.20. The van der Waals surface area contributed by atoms with Gasteiger partial charge in [0.25, 0.3) is 5.91 Å². The first-order valence-corrected chi connectivity index (χ1v) is 10.6. The molecule has 0 saturated heterocycles. The minimum atomic E-state index is -0.429. The molecule has 0 bridgehead atoms. The van der Waals surface area contributed by atoms with Gasteiger partial charge in [0.05, 0.1) is 23.7 Å². The van der Waals surface area contributed by atoms with Crippen molar-refractivity contribution in [1.82, 2.24) is 14.7 Å². The van der Waals surface area contributed by atoms with E-state index in [0.29, 0.717) is 18.0 Å². The molecule has 0 radical (unpaired) electrons. The van der Waals surface area contributed by atoms with Gasteiger partial charge in [-0.1, -0.05) is 24.3 Å². The van der Waals surface area contributed by atoms with Crippen LogP contribution in [0.25, 0.3) is 10.2 Å². The molecule has 0 fully saturated rings. The van der Waals surface area contributed by atoms with Gasteiger partial charge >= 0.3 is 0 Å². The lowest BCUT2D eigenvalue weighted by Crippen LogP contribution is -2.30. The molecule has 0 aliphatic carbocycles. The molecule has 2 aromatic heterocycles. The standard InChI is InChI=1S/C23H21F2N3O2S/c1-15-18-13-21(22(29)27(2)11-12-30-20-6-4-3-5-19(20)25)31-23(18)28(26-15)14-16-7-9-17(24)10-8-16/h3-10,13H,11-12,14H2,1-2H3. The highest BCUT2D eigenvalue weighted by Gasteiger charge is 2.19. The van der Waals surface area contributed by atoms with Crippen LogP contribution in [0.1, 0.15) is 20.9 Å². The molecule has 160 valence electrons. The summed E-state index contributed by atoms with van der Waals surface area (Å²) in [6.07, 6.45) is 0. The Hall–Kier alpha value is -3.26. The Bertz CT molecular complexity index is 1220. The van der Waals surface area contributed by atoms with E-state index in [4.69, 9.17) is 4.74 Å². The van der Waals surface area contributed by atoms with E-state index >= 15 is 0 Å². The summed E-state index contributed by atoms with van der Waals surface area (Å²) in [5, 5.41) is 5.48. The second-order valence-corrected chi connectivity index (χ2v) is 8.24. The number of nitrogens with zero attached hydrogens (tertiary/aromatic N) is 3. The van der Waals surface area contributed by atoms with Crippen molar-refractivity contribution in [3.05, 3.63) is 82.4 Å². The number of benzene rings is 2. The van der Waals surface area contributed by atoms with Gasteiger partial charge in [0.15, 0.2) is 11.6 Å². The van der Waals surface area contributed by atoms with E-state index in [1.165, 1.54) is 29.5 Å². The number of fused-ring (bicyclic) bond motifs is 1. The SMILES string of the molecule is Cc1nn(Cc2ccc(F)cc2)c2sc(C(=O)N(C)CCOc3ccccc3F)cc12. The summed E-state index contributed by atoms with van der Waals surface area (Å²) >= 11 is 1.37. The highest BCUT2D eigenvalue weighted by Crippen LogP contribution is 2.29. The maximum Gasteiger partial charge on any atom is 0.263 e. The van der Waals surface area contributed by atoms with E-state index in [-0.39, 0.29) is 24.1 Å². The Morgan fingerprint density at radius 1 is 1.16 bits per heavy atom. The van der Waals surface area contributed by atoms with Crippen molar-refractivity contribution in [2.24, 2.45) is 0 Å². The normalized spacial score (nSPS) is 11.1. The Morgan fingerprint density at radius 2 is 1.90 bits per heavy atom. The summed E-state index contributed by atoms with van der Waals surface area (Å²) < 4.78 is 34.1. The topological polar surface area (TPSA) is 47.4 Å². The van der Waals surface area contributed by atoms with Crippen LogP contribution < -0.4 is 4.74 Å². The molecule has 0 saturated carbocycles. The molecule has 0 spiro atoms. The second kappa shape index (κ2) is 8.85. The van der Waals surface area contributed by atoms with Gasteiger partial charge in [-0.2, -0.15) is 5.10 Å². The number of likely N-dealkylation sites (N-methyl/N-ethyl adjacent to an activating group) is 1. The van der Waals surface area contributed by atoms with Crippen molar-refractivity contribution >= 4 is 27.5 Å². The van der Waals surface area contributed by atoms with E-state index in [0.717, 1.165) is 21.5 Å². The van der Waals surface area contributed by atoms with E-state index in [1.54, 1.807) is 42.3 Å². The summed E-state index contributed by atoms with van der Waals surface area (Å²) in [7, 11) is 1.69. The maximum absolute atomic E-state index is 13.6. The number of carbonyl (C=O) groups excluding carboxylic acids is 1. The monoisotopic (exact) mass is 441 g/mol. The third kappa shape index (κ3) is 4.59. The number of halogens is 2. The largest absolute Gasteiger partial charge is 0.489 e. The van der Waals surface area contributed by atoms with E-state index < -0.39 is 5.82 Å². The number of aromatic nitrogens is 2. The van der Waals surface area contributed by atoms with Gasteiger partial charge < -0.3 is 9.64 Å². The Morgan fingerprint density at radius 3 is 2.65 bits per heavy atom. The average Bonchev–Trinajstić information content (AvgIpc) is 3.32. The van der Waals surface area contributed by atoms with Crippen LogP contribution in [0.2, 0.25) is 0 Å². The Kier molecular flexibility index (Phi) is 5.99. The van der Waals surface area contributed by atoms with Crippen LogP contribution in [0.15, 0.2) is 54.6 Å². The zero-order valence-electron chi connectivity index (χ0n) is 17.1. The fraction of sp³-hybridized carbons (Fsp3) is 0.217. The summed E-state index contributed by atoms with van der Waals surface area (Å²) in [4.78, 5) is 15.9. The van der Waals surface area contributed by atoms with Gasteiger partial charge in [-0.15, -0.1) is 11.3 Å². The fourth-order valence-corrected chi connectivity index (χ4v) is 4.39. The number of hydrogen-bond donors (Lipinski definition) is 0. The Labute approximate surface area is 182 Å². The predicted molar refractivity (Wildman–Crippen MR) is 117 cm³/mol. The predicted octanol–water partition coefficient (Wildman–Crippen LogP) is 4.88. The smallest absolute Gasteiger partial charge is 0.263 e. The van der Waals surface area contributed by atoms with Gasteiger partial charge in [0, 0.05) is 12.4 Å². The van der Waals surface area contributed by atoms with Crippen molar-refractivity contribution in [2.45, 2.75) is 13.5 Å². The number of rotatable bonds is 7. The highest BCUT2D eigenvalue weighted by atomic mass is 32.1. The third-order valence-electron chi connectivity index (χ3n) is 4.93. The number of hydrogen-bond acceptors (Lipinski definition) is 4. The molecule has 4 rings (SSSR count).